The number of rotatable bonds is 8. The largest absolute Gasteiger partial charge is 0.489 e. The molecule has 2 fully saturated rings. The summed E-state index contributed by atoms with van der Waals surface area (Å²) >= 11 is 0.924. The van der Waals surface area contributed by atoms with Crippen molar-refractivity contribution in [3.05, 3.63) is 92.9 Å². The van der Waals surface area contributed by atoms with Crippen molar-refractivity contribution in [2.75, 3.05) is 19.6 Å². The number of nitrogens with one attached hydrogen (secondary N) is 1. The third-order valence-electron chi connectivity index (χ3n) is 8.93. The lowest BCUT2D eigenvalue weighted by molar-refractivity contribution is -0.115. The average Bonchev–Trinajstić information content (AvgIpc) is 3.33. The molecule has 8 heteroatoms. The van der Waals surface area contributed by atoms with Crippen molar-refractivity contribution < 1.29 is 23.8 Å². The summed E-state index contributed by atoms with van der Waals surface area (Å²) < 4.78 is 19.6. The maximum absolute atomic E-state index is 11.8. The van der Waals surface area contributed by atoms with Gasteiger partial charge in [-0.3, -0.25) is 19.8 Å². The normalized spacial score (nSPS) is 22.8. The van der Waals surface area contributed by atoms with Crippen LogP contribution in [0.5, 0.6) is 17.2 Å². The van der Waals surface area contributed by atoms with E-state index in [0.29, 0.717) is 11.5 Å². The number of fused-ring (bicyclic) bond motifs is 1. The van der Waals surface area contributed by atoms with E-state index in [0.717, 1.165) is 96.6 Å². The first-order valence-electron chi connectivity index (χ1n) is 15.4. The molecule has 230 valence electrons. The SMILES string of the molecule is Cc1c(C)c2c(c(C)c1OCc1ccccc1)CCC(C)(CN1CCC[C@@H](Oc3ccc(/C=C4\SC(=O)NC4=O)cc3)C1)O2. The van der Waals surface area contributed by atoms with Crippen LogP contribution in [-0.2, 0) is 17.8 Å². The van der Waals surface area contributed by atoms with E-state index < -0.39 is 0 Å². The number of hydrogen-bond donors (Lipinski definition) is 1. The van der Waals surface area contributed by atoms with Gasteiger partial charge in [0.2, 0.25) is 0 Å². The molecule has 0 saturated carbocycles. The molecule has 3 aliphatic heterocycles. The Morgan fingerprint density at radius 3 is 2.55 bits per heavy atom. The van der Waals surface area contributed by atoms with Crippen molar-refractivity contribution >= 4 is 29.0 Å². The van der Waals surface area contributed by atoms with Gasteiger partial charge in [0.25, 0.3) is 11.1 Å². The highest BCUT2D eigenvalue weighted by molar-refractivity contribution is 8.18. The van der Waals surface area contributed by atoms with Crippen LogP contribution in [0.2, 0.25) is 0 Å². The van der Waals surface area contributed by atoms with E-state index in [4.69, 9.17) is 14.2 Å². The molecule has 2 saturated heterocycles. The van der Waals surface area contributed by atoms with Crippen molar-refractivity contribution in [1.82, 2.24) is 10.2 Å². The van der Waals surface area contributed by atoms with Crippen LogP contribution >= 0.6 is 11.8 Å². The van der Waals surface area contributed by atoms with Crippen LogP contribution in [0.25, 0.3) is 6.08 Å². The molecule has 0 spiro atoms. The highest BCUT2D eigenvalue weighted by atomic mass is 32.2. The lowest BCUT2D eigenvalue weighted by Crippen LogP contribution is -2.51. The smallest absolute Gasteiger partial charge is 0.290 e. The minimum absolute atomic E-state index is 0.0942. The topological polar surface area (TPSA) is 77.1 Å². The number of thioether (sulfide) groups is 1. The number of hydrogen-bond acceptors (Lipinski definition) is 7. The first-order valence-corrected chi connectivity index (χ1v) is 16.2. The second kappa shape index (κ2) is 12.7. The average molecular weight is 613 g/mol. The summed E-state index contributed by atoms with van der Waals surface area (Å²) in [6.07, 6.45) is 5.81. The van der Waals surface area contributed by atoms with E-state index in [1.165, 1.54) is 11.1 Å². The van der Waals surface area contributed by atoms with E-state index in [1.807, 2.05) is 42.5 Å². The minimum atomic E-state index is -0.347. The second-order valence-corrected chi connectivity index (χ2v) is 13.4. The maximum atomic E-state index is 11.8. The molecule has 3 heterocycles. The monoisotopic (exact) mass is 612 g/mol. The molecule has 0 aromatic heterocycles. The molecular formula is C36H40N2O5S. The molecule has 0 radical (unpaired) electrons. The van der Waals surface area contributed by atoms with Crippen LogP contribution in [0.1, 0.15) is 59.6 Å². The summed E-state index contributed by atoms with van der Waals surface area (Å²) in [4.78, 5) is 26.2. The van der Waals surface area contributed by atoms with Gasteiger partial charge in [-0.1, -0.05) is 42.5 Å². The van der Waals surface area contributed by atoms with Gasteiger partial charge in [-0.2, -0.15) is 0 Å². The van der Waals surface area contributed by atoms with E-state index >= 15 is 0 Å². The molecule has 1 N–H and O–H groups in total. The summed E-state index contributed by atoms with van der Waals surface area (Å²) in [5, 5.41) is 1.95. The Morgan fingerprint density at radius 1 is 1.05 bits per heavy atom. The third-order valence-corrected chi connectivity index (χ3v) is 9.74. The third kappa shape index (κ3) is 6.66. The molecule has 3 aromatic rings. The zero-order valence-electron chi connectivity index (χ0n) is 25.9. The maximum Gasteiger partial charge on any atom is 0.290 e. The van der Waals surface area contributed by atoms with E-state index in [1.54, 1.807) is 6.08 Å². The Labute approximate surface area is 264 Å². The van der Waals surface area contributed by atoms with Crippen molar-refractivity contribution in [2.45, 2.75) is 71.7 Å². The Bertz CT molecular complexity index is 1590. The Hall–Kier alpha value is -3.75. The van der Waals surface area contributed by atoms with Crippen molar-refractivity contribution in [3.63, 3.8) is 0 Å². The zero-order valence-corrected chi connectivity index (χ0v) is 26.7. The lowest BCUT2D eigenvalue weighted by atomic mass is 9.86. The number of piperidine rings is 1. The van der Waals surface area contributed by atoms with Gasteiger partial charge >= 0.3 is 0 Å². The van der Waals surface area contributed by atoms with Gasteiger partial charge in [0.05, 0.1) is 4.91 Å². The number of carbonyl (C=O) groups is 2. The van der Waals surface area contributed by atoms with Gasteiger partial charge in [0.15, 0.2) is 0 Å². The van der Waals surface area contributed by atoms with Crippen molar-refractivity contribution in [2.24, 2.45) is 0 Å². The van der Waals surface area contributed by atoms with Gasteiger partial charge in [-0.25, -0.2) is 0 Å². The van der Waals surface area contributed by atoms with Crippen LogP contribution < -0.4 is 19.5 Å². The van der Waals surface area contributed by atoms with Crippen LogP contribution in [-0.4, -0.2) is 47.4 Å². The zero-order chi connectivity index (χ0) is 30.8. The van der Waals surface area contributed by atoms with Gasteiger partial charge in [0.1, 0.15) is 35.6 Å². The first kappa shape index (κ1) is 30.3. The summed E-state index contributed by atoms with van der Waals surface area (Å²) in [5.74, 6) is 2.47. The van der Waals surface area contributed by atoms with Crippen LogP contribution in [0.3, 0.4) is 0 Å². The highest BCUT2D eigenvalue weighted by Crippen LogP contribution is 2.44. The summed E-state index contributed by atoms with van der Waals surface area (Å²) in [6, 6.07) is 18.0. The number of benzene rings is 3. The molecule has 2 amide bonds. The fraction of sp³-hybridized carbons (Fsp3) is 0.389. The van der Waals surface area contributed by atoms with E-state index in [9.17, 15) is 9.59 Å². The van der Waals surface area contributed by atoms with Crippen LogP contribution in [0.15, 0.2) is 59.5 Å². The molecule has 7 nitrogen and oxygen atoms in total. The Kier molecular flexibility index (Phi) is 8.74. The summed E-state index contributed by atoms with van der Waals surface area (Å²) in [6.45, 7) is 12.0. The van der Waals surface area contributed by atoms with Crippen molar-refractivity contribution in [1.29, 1.82) is 0 Å². The first-order chi connectivity index (χ1) is 21.2. The molecule has 0 aliphatic carbocycles. The summed E-state index contributed by atoms with van der Waals surface area (Å²) in [7, 11) is 0. The number of amides is 2. The molecule has 6 rings (SSSR count). The molecule has 2 atom stereocenters. The highest BCUT2D eigenvalue weighted by Gasteiger charge is 2.37. The number of carbonyl (C=O) groups excluding carboxylic acids is 2. The Balaban J connectivity index is 1.08. The fourth-order valence-corrected chi connectivity index (χ4v) is 7.15. The van der Waals surface area contributed by atoms with Gasteiger partial charge in [-0.15, -0.1) is 0 Å². The van der Waals surface area contributed by atoms with Crippen LogP contribution in [0, 0.1) is 20.8 Å². The fourth-order valence-electron chi connectivity index (χ4n) is 6.47. The van der Waals surface area contributed by atoms with E-state index in [-0.39, 0.29) is 22.9 Å². The van der Waals surface area contributed by atoms with Gasteiger partial charge in [0, 0.05) is 18.7 Å². The number of likely N-dealkylation sites (tertiary alicyclic amines) is 1. The van der Waals surface area contributed by atoms with Crippen molar-refractivity contribution in [3.8, 4) is 17.2 Å². The predicted molar refractivity (Wildman–Crippen MR) is 174 cm³/mol. The van der Waals surface area contributed by atoms with Gasteiger partial charge < -0.3 is 14.2 Å². The second-order valence-electron chi connectivity index (χ2n) is 12.4. The lowest BCUT2D eigenvalue weighted by Gasteiger charge is -2.43. The molecule has 0 bridgehead atoms. The molecule has 44 heavy (non-hydrogen) atoms. The molecule has 3 aromatic carbocycles. The predicted octanol–water partition coefficient (Wildman–Crippen LogP) is 7.14. The molecule has 3 aliphatic rings. The minimum Gasteiger partial charge on any atom is -0.489 e. The molecular weight excluding hydrogens is 572 g/mol. The van der Waals surface area contributed by atoms with Gasteiger partial charge in [-0.05, 0) is 118 Å². The van der Waals surface area contributed by atoms with Crippen LogP contribution in [0.4, 0.5) is 4.79 Å². The number of nitrogens with zero attached hydrogens (tertiary/aromatic N) is 1. The number of ether oxygens (including phenoxy) is 3. The molecule has 1 unspecified atom stereocenters. The van der Waals surface area contributed by atoms with E-state index in [2.05, 4.69) is 50.0 Å². The number of imide groups is 1. The quantitative estimate of drug-likeness (QED) is 0.271. The Morgan fingerprint density at radius 2 is 1.82 bits per heavy atom. The standard InChI is InChI=1S/C36H40N2O5S/c1-23-24(2)33-30(25(3)32(23)41-21-27-9-6-5-7-10-27)16-17-36(4,43-33)22-38-18-8-11-29(20-38)42-28-14-12-26(13-15-28)19-31-34(39)37-35(40)44-31/h5-7,9-10,12-15,19,29H,8,11,16-18,20-22H2,1-4H3,(H,37,39,40)/b31-19-/t29-,36?/m1/s1. The summed E-state index contributed by atoms with van der Waals surface area (Å²) in [5.41, 5.74) is 6.50.